The Bertz CT molecular complexity index is 433. The summed E-state index contributed by atoms with van der Waals surface area (Å²) in [6, 6.07) is 0. The molecule has 0 aliphatic heterocycles. The van der Waals surface area contributed by atoms with Crippen LogP contribution in [0.1, 0.15) is 18.4 Å². The summed E-state index contributed by atoms with van der Waals surface area (Å²) >= 11 is 1.60. The summed E-state index contributed by atoms with van der Waals surface area (Å²) in [6.45, 7) is 1.15. The van der Waals surface area contributed by atoms with E-state index in [1.807, 2.05) is 16.3 Å². The minimum absolute atomic E-state index is 0.935. The van der Waals surface area contributed by atoms with Crippen LogP contribution >= 0.6 is 11.3 Å². The largest absolute Gasteiger partial charge is 0.309 e. The van der Waals surface area contributed by atoms with Gasteiger partial charge in [0.15, 0.2) is 0 Å². The van der Waals surface area contributed by atoms with Crippen LogP contribution in [-0.4, -0.2) is 40.3 Å². The van der Waals surface area contributed by atoms with E-state index in [4.69, 9.17) is 0 Å². The fourth-order valence-corrected chi connectivity index (χ4v) is 2.25. The van der Waals surface area contributed by atoms with E-state index in [0.29, 0.717) is 0 Å². The zero-order valence-corrected chi connectivity index (χ0v) is 11.2. The topological polar surface area (TPSA) is 34.0 Å². The first-order valence-corrected chi connectivity index (χ1v) is 6.72. The Kier molecular flexibility index (Phi) is 4.28. The quantitative estimate of drug-likeness (QED) is 0.737. The van der Waals surface area contributed by atoms with Crippen molar-refractivity contribution < 1.29 is 0 Å². The lowest BCUT2D eigenvalue weighted by Crippen LogP contribution is -2.12. The van der Waals surface area contributed by atoms with Crippen molar-refractivity contribution in [2.45, 2.75) is 19.3 Å². The average Bonchev–Trinajstić information content (AvgIpc) is 2.94. The summed E-state index contributed by atoms with van der Waals surface area (Å²) in [4.78, 5) is 6.45. The van der Waals surface area contributed by atoms with Crippen LogP contribution in [0.5, 0.6) is 0 Å². The van der Waals surface area contributed by atoms with Gasteiger partial charge in [-0.05, 0) is 45.5 Å². The van der Waals surface area contributed by atoms with E-state index in [-0.39, 0.29) is 0 Å². The van der Waals surface area contributed by atoms with Gasteiger partial charge in [-0.1, -0.05) is 0 Å². The van der Waals surface area contributed by atoms with Crippen molar-refractivity contribution in [1.82, 2.24) is 19.7 Å². The lowest BCUT2D eigenvalue weighted by Gasteiger charge is -2.07. The third-order valence-electron chi connectivity index (χ3n) is 2.57. The second kappa shape index (κ2) is 5.93. The van der Waals surface area contributed by atoms with Crippen molar-refractivity contribution in [2.75, 3.05) is 20.6 Å². The number of rotatable bonds is 6. The third-order valence-corrected chi connectivity index (χ3v) is 3.33. The van der Waals surface area contributed by atoms with Crippen molar-refractivity contribution in [2.24, 2.45) is 0 Å². The maximum absolute atomic E-state index is 4.33. The smallest absolute Gasteiger partial charge is 0.210 e. The van der Waals surface area contributed by atoms with E-state index in [2.05, 4.69) is 35.3 Å². The highest BCUT2D eigenvalue weighted by Crippen LogP contribution is 2.12. The predicted octanol–water partition coefficient (Wildman–Crippen LogP) is 2.21. The molecule has 0 amide bonds. The average molecular weight is 250 g/mol. The van der Waals surface area contributed by atoms with Crippen LogP contribution in [0, 0.1) is 0 Å². The molecule has 92 valence electrons. The fourth-order valence-electron chi connectivity index (χ4n) is 1.68. The lowest BCUT2D eigenvalue weighted by molar-refractivity contribution is 0.394. The highest BCUT2D eigenvalue weighted by atomic mass is 32.1. The molecule has 0 saturated heterocycles. The monoisotopic (exact) mass is 250 g/mol. The Labute approximate surface area is 106 Å². The molecule has 0 radical (unpaired) electrons. The van der Waals surface area contributed by atoms with Gasteiger partial charge in [0, 0.05) is 17.8 Å². The van der Waals surface area contributed by atoms with Crippen LogP contribution in [-0.2, 0) is 6.42 Å². The van der Waals surface area contributed by atoms with E-state index >= 15 is 0 Å². The number of aryl methyl sites for hydroxylation is 1. The van der Waals surface area contributed by atoms with Crippen LogP contribution in [0.2, 0.25) is 0 Å². The molecule has 0 bridgehead atoms. The molecule has 0 atom stereocenters. The van der Waals surface area contributed by atoms with E-state index in [1.165, 1.54) is 18.4 Å². The van der Waals surface area contributed by atoms with Gasteiger partial charge in [-0.15, -0.1) is 11.3 Å². The third kappa shape index (κ3) is 3.64. The first-order valence-electron chi connectivity index (χ1n) is 5.84. The second-order valence-corrected chi connectivity index (χ2v) is 5.24. The molecule has 0 fully saturated rings. The molecule has 0 unspecified atom stereocenters. The molecule has 2 heterocycles. The van der Waals surface area contributed by atoms with Gasteiger partial charge in [0.2, 0.25) is 5.13 Å². The highest BCUT2D eigenvalue weighted by molar-refractivity contribution is 7.12. The summed E-state index contributed by atoms with van der Waals surface area (Å²) in [5, 5.41) is 7.23. The zero-order chi connectivity index (χ0) is 12.1. The molecule has 2 aromatic rings. The number of aromatic nitrogens is 3. The molecule has 0 aliphatic rings. The van der Waals surface area contributed by atoms with Gasteiger partial charge >= 0.3 is 0 Å². The van der Waals surface area contributed by atoms with Gasteiger partial charge in [-0.25, -0.2) is 9.67 Å². The SMILES string of the molecule is CN(C)CCCCc1cnn(-c2nccs2)c1. The van der Waals surface area contributed by atoms with Crippen LogP contribution in [0.4, 0.5) is 0 Å². The summed E-state index contributed by atoms with van der Waals surface area (Å²) < 4.78 is 1.85. The molecule has 2 rings (SSSR count). The zero-order valence-electron chi connectivity index (χ0n) is 10.3. The van der Waals surface area contributed by atoms with E-state index < -0.39 is 0 Å². The molecule has 17 heavy (non-hydrogen) atoms. The Morgan fingerprint density at radius 1 is 1.35 bits per heavy atom. The molecule has 0 N–H and O–H groups in total. The molecule has 4 nitrogen and oxygen atoms in total. The van der Waals surface area contributed by atoms with Gasteiger partial charge in [-0.2, -0.15) is 5.10 Å². The molecule has 2 aromatic heterocycles. The summed E-state index contributed by atoms with van der Waals surface area (Å²) in [5.41, 5.74) is 1.29. The maximum atomic E-state index is 4.33. The fraction of sp³-hybridized carbons (Fsp3) is 0.500. The van der Waals surface area contributed by atoms with E-state index in [9.17, 15) is 0 Å². The van der Waals surface area contributed by atoms with Gasteiger partial charge in [0.1, 0.15) is 0 Å². The number of nitrogens with zero attached hydrogens (tertiary/aromatic N) is 4. The summed E-state index contributed by atoms with van der Waals surface area (Å²) in [6.07, 6.45) is 9.36. The number of hydrogen-bond donors (Lipinski definition) is 0. The Morgan fingerprint density at radius 2 is 2.24 bits per heavy atom. The highest BCUT2D eigenvalue weighted by Gasteiger charge is 2.02. The molecular weight excluding hydrogens is 232 g/mol. The standard InChI is InChI=1S/C12H18N4S/c1-15(2)7-4-3-5-11-9-14-16(10-11)12-13-6-8-17-12/h6,8-10H,3-5,7H2,1-2H3. The van der Waals surface area contributed by atoms with Gasteiger partial charge in [0.25, 0.3) is 0 Å². The summed E-state index contributed by atoms with van der Waals surface area (Å²) in [5.74, 6) is 0. The first-order chi connectivity index (χ1) is 8.25. The predicted molar refractivity (Wildman–Crippen MR) is 70.7 cm³/mol. The normalized spacial score (nSPS) is 11.2. The minimum atomic E-state index is 0.935. The molecule has 0 aliphatic carbocycles. The maximum Gasteiger partial charge on any atom is 0.210 e. The Balaban J connectivity index is 1.83. The van der Waals surface area contributed by atoms with Crippen molar-refractivity contribution in [3.8, 4) is 5.13 Å². The van der Waals surface area contributed by atoms with Crippen LogP contribution in [0.15, 0.2) is 24.0 Å². The van der Waals surface area contributed by atoms with Crippen LogP contribution < -0.4 is 0 Å². The van der Waals surface area contributed by atoms with Crippen LogP contribution in [0.3, 0.4) is 0 Å². The van der Waals surface area contributed by atoms with Crippen molar-refractivity contribution in [3.05, 3.63) is 29.5 Å². The molecule has 5 heteroatoms. The minimum Gasteiger partial charge on any atom is -0.309 e. The molecule has 0 saturated carbocycles. The van der Waals surface area contributed by atoms with Gasteiger partial charge in [-0.3, -0.25) is 0 Å². The number of unbranched alkanes of at least 4 members (excludes halogenated alkanes) is 1. The molecule has 0 spiro atoms. The molecule has 0 aromatic carbocycles. The first kappa shape index (κ1) is 12.3. The number of hydrogen-bond acceptors (Lipinski definition) is 4. The van der Waals surface area contributed by atoms with Gasteiger partial charge < -0.3 is 4.90 Å². The van der Waals surface area contributed by atoms with Crippen molar-refractivity contribution >= 4 is 11.3 Å². The van der Waals surface area contributed by atoms with Crippen LogP contribution in [0.25, 0.3) is 5.13 Å². The second-order valence-electron chi connectivity index (χ2n) is 4.37. The Morgan fingerprint density at radius 3 is 2.94 bits per heavy atom. The van der Waals surface area contributed by atoms with E-state index in [0.717, 1.165) is 18.1 Å². The van der Waals surface area contributed by atoms with Crippen molar-refractivity contribution in [3.63, 3.8) is 0 Å². The summed E-state index contributed by atoms with van der Waals surface area (Å²) in [7, 11) is 4.22. The molecular formula is C12H18N4S. The van der Waals surface area contributed by atoms with E-state index in [1.54, 1.807) is 17.5 Å². The van der Waals surface area contributed by atoms with Gasteiger partial charge in [0.05, 0.1) is 6.20 Å². The lowest BCUT2D eigenvalue weighted by atomic mass is 10.1. The van der Waals surface area contributed by atoms with Crippen molar-refractivity contribution in [1.29, 1.82) is 0 Å². The Hall–Kier alpha value is -1.20. The number of thiazole rings is 1.